The highest BCUT2D eigenvalue weighted by Gasteiger charge is 2.14. The van der Waals surface area contributed by atoms with Crippen LogP contribution in [0.2, 0.25) is 0 Å². The SMILES string of the molecule is C=CCN(CC=C)C(=O)c1cccc(SCC(=O)c2ccccc2)c1. The Bertz CT molecular complexity index is 746. The molecule has 128 valence electrons. The Morgan fingerprint density at radius 3 is 2.20 bits per heavy atom. The van der Waals surface area contributed by atoms with Gasteiger partial charge in [0.05, 0.1) is 5.75 Å². The van der Waals surface area contributed by atoms with Crippen LogP contribution in [0.5, 0.6) is 0 Å². The molecule has 0 aliphatic carbocycles. The summed E-state index contributed by atoms with van der Waals surface area (Å²) in [6.07, 6.45) is 3.39. The normalized spacial score (nSPS) is 10.1. The van der Waals surface area contributed by atoms with E-state index < -0.39 is 0 Å². The van der Waals surface area contributed by atoms with E-state index >= 15 is 0 Å². The van der Waals surface area contributed by atoms with Gasteiger partial charge in [-0.1, -0.05) is 48.6 Å². The molecule has 2 aromatic carbocycles. The maximum atomic E-state index is 12.6. The number of rotatable bonds is 9. The third-order valence-corrected chi connectivity index (χ3v) is 4.53. The van der Waals surface area contributed by atoms with E-state index in [1.54, 1.807) is 23.1 Å². The predicted molar refractivity (Wildman–Crippen MR) is 104 cm³/mol. The van der Waals surface area contributed by atoms with Gasteiger partial charge in [-0.25, -0.2) is 0 Å². The molecule has 25 heavy (non-hydrogen) atoms. The van der Waals surface area contributed by atoms with Gasteiger partial charge < -0.3 is 4.90 Å². The van der Waals surface area contributed by atoms with Gasteiger partial charge in [-0.3, -0.25) is 9.59 Å². The first-order valence-electron chi connectivity index (χ1n) is 7.98. The smallest absolute Gasteiger partial charge is 0.254 e. The predicted octanol–water partition coefficient (Wildman–Crippen LogP) is 4.48. The molecular formula is C21H21NO2S. The molecule has 0 unspecified atom stereocenters. The van der Waals surface area contributed by atoms with Crippen molar-refractivity contribution in [2.45, 2.75) is 4.90 Å². The highest BCUT2D eigenvalue weighted by molar-refractivity contribution is 8.00. The molecule has 0 aromatic heterocycles. The van der Waals surface area contributed by atoms with Gasteiger partial charge in [-0.05, 0) is 18.2 Å². The fraction of sp³-hybridized carbons (Fsp3) is 0.143. The zero-order valence-electron chi connectivity index (χ0n) is 14.1. The Labute approximate surface area is 153 Å². The number of nitrogens with zero attached hydrogens (tertiary/aromatic N) is 1. The first-order valence-corrected chi connectivity index (χ1v) is 8.96. The van der Waals surface area contributed by atoms with Crippen LogP contribution in [0, 0.1) is 0 Å². The summed E-state index contributed by atoms with van der Waals surface area (Å²) >= 11 is 1.43. The lowest BCUT2D eigenvalue weighted by Gasteiger charge is -2.19. The van der Waals surface area contributed by atoms with Gasteiger partial charge in [0.15, 0.2) is 5.78 Å². The number of hydrogen-bond donors (Lipinski definition) is 0. The van der Waals surface area contributed by atoms with E-state index in [1.807, 2.05) is 48.5 Å². The van der Waals surface area contributed by atoms with Crippen LogP contribution in [0.15, 0.2) is 84.8 Å². The summed E-state index contributed by atoms with van der Waals surface area (Å²) in [4.78, 5) is 27.3. The first-order chi connectivity index (χ1) is 12.2. The molecule has 0 aliphatic heterocycles. The van der Waals surface area contributed by atoms with Crippen molar-refractivity contribution < 1.29 is 9.59 Å². The van der Waals surface area contributed by atoms with Gasteiger partial charge in [0.2, 0.25) is 0 Å². The highest BCUT2D eigenvalue weighted by atomic mass is 32.2. The number of ketones is 1. The second kappa shape index (κ2) is 9.64. The van der Waals surface area contributed by atoms with E-state index in [4.69, 9.17) is 0 Å². The van der Waals surface area contributed by atoms with Gasteiger partial charge in [0, 0.05) is 29.1 Å². The summed E-state index contributed by atoms with van der Waals surface area (Å²) in [6, 6.07) is 16.6. The monoisotopic (exact) mass is 351 g/mol. The molecule has 0 N–H and O–H groups in total. The quantitative estimate of drug-likeness (QED) is 0.380. The maximum Gasteiger partial charge on any atom is 0.254 e. The van der Waals surface area contributed by atoms with E-state index in [9.17, 15) is 9.59 Å². The van der Waals surface area contributed by atoms with Crippen molar-refractivity contribution in [2.24, 2.45) is 0 Å². The van der Waals surface area contributed by atoms with Crippen LogP contribution in [0.25, 0.3) is 0 Å². The summed E-state index contributed by atoms with van der Waals surface area (Å²) < 4.78 is 0. The average molecular weight is 351 g/mol. The Morgan fingerprint density at radius 1 is 0.920 bits per heavy atom. The Kier molecular flexibility index (Phi) is 7.23. The summed E-state index contributed by atoms with van der Waals surface area (Å²) in [7, 11) is 0. The lowest BCUT2D eigenvalue weighted by Crippen LogP contribution is -2.31. The molecule has 3 nitrogen and oxygen atoms in total. The maximum absolute atomic E-state index is 12.6. The second-order valence-electron chi connectivity index (χ2n) is 5.39. The summed E-state index contributed by atoms with van der Waals surface area (Å²) in [5, 5.41) is 0. The number of thioether (sulfide) groups is 1. The Hall–Kier alpha value is -2.59. The minimum atomic E-state index is -0.0726. The third-order valence-electron chi connectivity index (χ3n) is 3.53. The van der Waals surface area contributed by atoms with Gasteiger partial charge >= 0.3 is 0 Å². The van der Waals surface area contributed by atoms with Crippen LogP contribution < -0.4 is 0 Å². The zero-order valence-corrected chi connectivity index (χ0v) is 14.9. The number of benzene rings is 2. The number of Topliss-reactive ketones (excluding diaryl/α,β-unsaturated/α-hetero) is 1. The molecule has 0 spiro atoms. The number of amides is 1. The van der Waals surface area contributed by atoms with Crippen molar-refractivity contribution in [3.63, 3.8) is 0 Å². The largest absolute Gasteiger partial charge is 0.331 e. The standard InChI is InChI=1S/C21H21NO2S/c1-3-13-22(14-4-2)21(24)18-11-8-12-19(15-18)25-16-20(23)17-9-6-5-7-10-17/h3-12,15H,1-2,13-14,16H2. The minimum Gasteiger partial charge on any atom is -0.331 e. The van der Waals surface area contributed by atoms with Crippen LogP contribution in [0.3, 0.4) is 0 Å². The van der Waals surface area contributed by atoms with Crippen LogP contribution in [-0.4, -0.2) is 35.4 Å². The van der Waals surface area contributed by atoms with Crippen LogP contribution in [0.1, 0.15) is 20.7 Å². The first kappa shape index (κ1) is 18.7. The number of carbonyl (C=O) groups is 2. The highest BCUT2D eigenvalue weighted by Crippen LogP contribution is 2.21. The molecule has 1 amide bonds. The molecule has 0 bridgehead atoms. The molecule has 4 heteroatoms. The van der Waals surface area contributed by atoms with E-state index in [0.29, 0.717) is 30.0 Å². The minimum absolute atomic E-state index is 0.0715. The summed E-state index contributed by atoms with van der Waals surface area (Å²) in [6.45, 7) is 8.30. The lowest BCUT2D eigenvalue weighted by molar-refractivity contribution is 0.0790. The molecule has 0 aliphatic rings. The summed E-state index contributed by atoms with van der Waals surface area (Å²) in [5.74, 6) is 0.337. The molecule has 0 fully saturated rings. The molecule has 2 aromatic rings. The van der Waals surface area contributed by atoms with Crippen molar-refractivity contribution in [1.29, 1.82) is 0 Å². The third kappa shape index (κ3) is 5.47. The molecule has 0 saturated heterocycles. The van der Waals surface area contributed by atoms with Crippen molar-refractivity contribution in [2.75, 3.05) is 18.8 Å². The molecule has 0 heterocycles. The fourth-order valence-electron chi connectivity index (χ4n) is 2.31. The number of hydrogen-bond acceptors (Lipinski definition) is 3. The van der Waals surface area contributed by atoms with E-state index in [2.05, 4.69) is 13.2 Å². The molecule has 0 radical (unpaired) electrons. The van der Waals surface area contributed by atoms with Gasteiger partial charge in [-0.15, -0.1) is 24.9 Å². The second-order valence-corrected chi connectivity index (χ2v) is 6.44. The molecule has 0 saturated carbocycles. The Balaban J connectivity index is 2.05. The van der Waals surface area contributed by atoms with Crippen LogP contribution >= 0.6 is 11.8 Å². The van der Waals surface area contributed by atoms with Crippen molar-refractivity contribution in [3.8, 4) is 0 Å². The van der Waals surface area contributed by atoms with Crippen LogP contribution in [-0.2, 0) is 0 Å². The van der Waals surface area contributed by atoms with E-state index in [0.717, 1.165) is 4.90 Å². The van der Waals surface area contributed by atoms with Gasteiger partial charge in [0.25, 0.3) is 5.91 Å². The molecule has 0 atom stereocenters. The molecular weight excluding hydrogens is 330 g/mol. The topological polar surface area (TPSA) is 37.4 Å². The van der Waals surface area contributed by atoms with Crippen LogP contribution in [0.4, 0.5) is 0 Å². The average Bonchev–Trinajstić information content (AvgIpc) is 2.66. The van der Waals surface area contributed by atoms with E-state index in [-0.39, 0.29) is 11.7 Å². The zero-order chi connectivity index (χ0) is 18.1. The van der Waals surface area contributed by atoms with Gasteiger partial charge in [0.1, 0.15) is 0 Å². The lowest BCUT2D eigenvalue weighted by atomic mass is 10.2. The van der Waals surface area contributed by atoms with Gasteiger partial charge in [-0.2, -0.15) is 0 Å². The summed E-state index contributed by atoms with van der Waals surface area (Å²) in [5.41, 5.74) is 1.30. The van der Waals surface area contributed by atoms with Crippen molar-refractivity contribution in [1.82, 2.24) is 4.90 Å². The van der Waals surface area contributed by atoms with Crippen molar-refractivity contribution >= 4 is 23.5 Å². The number of carbonyl (C=O) groups excluding carboxylic acids is 2. The van der Waals surface area contributed by atoms with E-state index in [1.165, 1.54) is 11.8 Å². The molecule has 2 rings (SSSR count). The van der Waals surface area contributed by atoms with Crippen molar-refractivity contribution in [3.05, 3.63) is 91.0 Å². The Morgan fingerprint density at radius 2 is 1.56 bits per heavy atom. The fourth-order valence-corrected chi connectivity index (χ4v) is 3.16.